The van der Waals surface area contributed by atoms with Gasteiger partial charge in [0.2, 0.25) is 11.6 Å². The summed E-state index contributed by atoms with van der Waals surface area (Å²) in [5.74, 6) is 0.370. The molecular weight excluding hydrogens is 486 g/mol. The van der Waals surface area contributed by atoms with E-state index in [0.29, 0.717) is 38.4 Å². The molecule has 0 atom stereocenters. The van der Waals surface area contributed by atoms with Crippen molar-refractivity contribution in [1.29, 1.82) is 0 Å². The third kappa shape index (κ3) is 4.57. The largest absolute Gasteiger partial charge is 0.493 e. The van der Waals surface area contributed by atoms with Crippen LogP contribution in [0.15, 0.2) is 90.2 Å². The van der Waals surface area contributed by atoms with Gasteiger partial charge in [0, 0.05) is 17.7 Å². The number of carbonyl (C=O) groups excluding carboxylic acids is 2. The van der Waals surface area contributed by atoms with Gasteiger partial charge in [-0.25, -0.2) is 0 Å². The molecule has 1 aliphatic carbocycles. The van der Waals surface area contributed by atoms with Gasteiger partial charge in [-0.2, -0.15) is 0 Å². The lowest BCUT2D eigenvalue weighted by molar-refractivity contribution is 0.102. The average Bonchev–Trinajstić information content (AvgIpc) is 3.36. The Hall–Kier alpha value is -4.49. The van der Waals surface area contributed by atoms with Crippen molar-refractivity contribution in [2.75, 3.05) is 7.11 Å². The van der Waals surface area contributed by atoms with Crippen LogP contribution < -0.4 is 24.2 Å². The number of ketones is 2. The van der Waals surface area contributed by atoms with Crippen molar-refractivity contribution in [2.45, 2.75) is 13.2 Å². The van der Waals surface area contributed by atoms with Crippen molar-refractivity contribution in [3.63, 3.8) is 0 Å². The van der Waals surface area contributed by atoms with Crippen LogP contribution in [0, 0.1) is 0 Å². The Balaban J connectivity index is 1.57. The molecular formula is C30H23NO5S. The summed E-state index contributed by atoms with van der Waals surface area (Å²) in [5, 5.41) is 0. The number of Topliss-reactive ketones (excluding diaryl/α,β-unsaturated/α-hetero) is 2. The molecule has 37 heavy (non-hydrogen) atoms. The van der Waals surface area contributed by atoms with E-state index in [0.717, 1.165) is 22.5 Å². The van der Waals surface area contributed by atoms with Crippen LogP contribution in [0.2, 0.25) is 0 Å². The summed E-state index contributed by atoms with van der Waals surface area (Å²) in [6.07, 6.45) is 3.29. The van der Waals surface area contributed by atoms with Crippen molar-refractivity contribution < 1.29 is 19.1 Å². The number of thiazole rings is 1. The predicted octanol–water partition coefficient (Wildman–Crippen LogP) is 3.74. The number of hydrogen-bond donors (Lipinski definition) is 0. The third-order valence-corrected chi connectivity index (χ3v) is 7.16. The molecule has 5 rings (SSSR count). The quantitative estimate of drug-likeness (QED) is 0.355. The van der Waals surface area contributed by atoms with Crippen molar-refractivity contribution in [2.24, 2.45) is 0 Å². The van der Waals surface area contributed by atoms with Gasteiger partial charge in [0.05, 0.1) is 11.6 Å². The Bertz CT molecular complexity index is 1680. The van der Waals surface area contributed by atoms with E-state index in [9.17, 15) is 14.4 Å². The van der Waals surface area contributed by atoms with E-state index in [1.54, 1.807) is 55.7 Å². The summed E-state index contributed by atoms with van der Waals surface area (Å²) in [7, 11) is 1.56. The van der Waals surface area contributed by atoms with E-state index in [-0.39, 0.29) is 29.2 Å². The maximum absolute atomic E-state index is 13.3. The van der Waals surface area contributed by atoms with E-state index in [1.807, 2.05) is 36.4 Å². The van der Waals surface area contributed by atoms with Crippen LogP contribution in [0.3, 0.4) is 0 Å². The molecule has 0 fully saturated rings. The number of hydrogen-bond acceptors (Lipinski definition) is 6. The number of carbonyl (C=O) groups is 2. The van der Waals surface area contributed by atoms with Gasteiger partial charge in [-0.15, -0.1) is 17.9 Å². The molecule has 0 N–H and O–H groups in total. The molecule has 0 radical (unpaired) electrons. The van der Waals surface area contributed by atoms with Gasteiger partial charge in [-0.05, 0) is 29.3 Å². The molecule has 1 heterocycles. The van der Waals surface area contributed by atoms with Crippen LogP contribution >= 0.6 is 11.3 Å². The van der Waals surface area contributed by atoms with E-state index in [1.165, 1.54) is 4.57 Å². The minimum Gasteiger partial charge on any atom is -0.493 e. The molecule has 0 saturated carbocycles. The fraction of sp³-hybridized carbons (Fsp3) is 0.100. The molecule has 0 unspecified atom stereocenters. The second-order valence-corrected chi connectivity index (χ2v) is 9.41. The monoisotopic (exact) mass is 509 g/mol. The van der Waals surface area contributed by atoms with Crippen molar-refractivity contribution in [3.05, 3.63) is 127 Å². The zero-order chi connectivity index (χ0) is 25.9. The second kappa shape index (κ2) is 10.2. The lowest BCUT2D eigenvalue weighted by Gasteiger charge is -2.11. The van der Waals surface area contributed by atoms with Gasteiger partial charge in [0.25, 0.3) is 5.56 Å². The molecule has 0 aliphatic heterocycles. The highest BCUT2D eigenvalue weighted by Gasteiger charge is 2.34. The van der Waals surface area contributed by atoms with E-state index >= 15 is 0 Å². The molecule has 0 bridgehead atoms. The van der Waals surface area contributed by atoms with Gasteiger partial charge in [-0.1, -0.05) is 66.7 Å². The number of rotatable bonds is 7. The van der Waals surface area contributed by atoms with Crippen LogP contribution in [0.25, 0.3) is 11.6 Å². The number of ether oxygens (including phenoxy) is 2. The molecule has 0 saturated heterocycles. The maximum Gasteiger partial charge on any atom is 0.269 e. The molecule has 4 aromatic rings. The Morgan fingerprint density at radius 3 is 2.22 bits per heavy atom. The number of nitrogens with zero attached hydrogens (tertiary/aromatic N) is 1. The first-order valence-corrected chi connectivity index (χ1v) is 12.4. The molecule has 6 nitrogen and oxygen atoms in total. The average molecular weight is 510 g/mol. The van der Waals surface area contributed by atoms with E-state index < -0.39 is 0 Å². The van der Waals surface area contributed by atoms with E-state index in [2.05, 4.69) is 6.58 Å². The topological polar surface area (TPSA) is 74.6 Å². The number of aromatic nitrogens is 1. The number of methoxy groups -OCH3 is 1. The molecule has 1 aromatic heterocycles. The minimum absolute atomic E-state index is 0.0204. The van der Waals surface area contributed by atoms with Crippen LogP contribution in [0.4, 0.5) is 0 Å². The third-order valence-electron chi connectivity index (χ3n) is 6.03. The number of fused-ring (bicyclic) bond motifs is 1. The van der Waals surface area contributed by atoms with Crippen LogP contribution in [0.5, 0.6) is 11.5 Å². The second-order valence-electron chi connectivity index (χ2n) is 8.38. The standard InChI is InChI=1S/C30H23NO5S/c1-3-15-31-29(34)25(37-30(31)26-27(32)21-11-7-8-12-22(21)28(26)33)17-20-13-14-23(24(16-20)35-2)36-18-19-9-5-4-6-10-19/h3-14,16-17H,1,15,18H2,2H3. The van der Waals surface area contributed by atoms with E-state index in [4.69, 9.17) is 9.47 Å². The first-order valence-electron chi connectivity index (χ1n) is 11.6. The highest BCUT2D eigenvalue weighted by molar-refractivity contribution is 7.08. The number of allylic oxidation sites excluding steroid dienone is 1. The first-order chi connectivity index (χ1) is 18.0. The molecule has 184 valence electrons. The Labute approximate surface area is 217 Å². The zero-order valence-electron chi connectivity index (χ0n) is 20.1. The molecule has 0 amide bonds. The molecule has 0 spiro atoms. The van der Waals surface area contributed by atoms with Gasteiger partial charge in [0.1, 0.15) is 16.8 Å². The SMILES string of the molecule is C=CCn1c(=C2C(=O)c3ccccc3C2=O)sc(=Cc2ccc(OCc3ccccc3)c(OC)c2)c1=O. The fourth-order valence-electron chi connectivity index (χ4n) is 4.23. The van der Waals surface area contributed by atoms with Gasteiger partial charge in [0.15, 0.2) is 11.5 Å². The molecule has 3 aromatic carbocycles. The summed E-state index contributed by atoms with van der Waals surface area (Å²) in [5.41, 5.74) is 2.19. The lowest BCUT2D eigenvalue weighted by Crippen LogP contribution is -2.32. The summed E-state index contributed by atoms with van der Waals surface area (Å²) >= 11 is 1.12. The Kier molecular flexibility index (Phi) is 6.70. The van der Waals surface area contributed by atoms with Crippen molar-refractivity contribution >= 4 is 34.6 Å². The Morgan fingerprint density at radius 1 is 0.892 bits per heavy atom. The summed E-state index contributed by atoms with van der Waals surface area (Å²) in [6.45, 7) is 4.30. The van der Waals surface area contributed by atoms with Crippen LogP contribution in [-0.2, 0) is 13.2 Å². The smallest absolute Gasteiger partial charge is 0.269 e. The summed E-state index contributed by atoms with van der Waals surface area (Å²) in [6, 6.07) is 21.9. The van der Waals surface area contributed by atoms with Crippen LogP contribution in [0.1, 0.15) is 31.8 Å². The fourth-order valence-corrected chi connectivity index (χ4v) is 5.38. The van der Waals surface area contributed by atoms with Crippen LogP contribution in [-0.4, -0.2) is 23.2 Å². The van der Waals surface area contributed by atoms with Crippen molar-refractivity contribution in [3.8, 4) is 11.5 Å². The van der Waals surface area contributed by atoms with Crippen molar-refractivity contribution in [1.82, 2.24) is 4.57 Å². The summed E-state index contributed by atoms with van der Waals surface area (Å²) in [4.78, 5) is 39.5. The highest BCUT2D eigenvalue weighted by atomic mass is 32.1. The number of benzene rings is 3. The first kappa shape index (κ1) is 24.2. The minimum atomic E-state index is -0.368. The van der Waals surface area contributed by atoms with Gasteiger partial charge < -0.3 is 9.47 Å². The van der Waals surface area contributed by atoms with Gasteiger partial charge in [-0.3, -0.25) is 19.0 Å². The molecule has 1 aliphatic rings. The highest BCUT2D eigenvalue weighted by Crippen LogP contribution is 2.29. The van der Waals surface area contributed by atoms with Gasteiger partial charge >= 0.3 is 0 Å². The maximum atomic E-state index is 13.3. The normalized spacial score (nSPS) is 13.1. The predicted molar refractivity (Wildman–Crippen MR) is 144 cm³/mol. The zero-order valence-corrected chi connectivity index (χ0v) is 20.9. The summed E-state index contributed by atoms with van der Waals surface area (Å²) < 4.78 is 13.6. The lowest BCUT2D eigenvalue weighted by atomic mass is 10.1. The molecule has 7 heteroatoms. The Morgan fingerprint density at radius 2 is 1.57 bits per heavy atom.